The van der Waals surface area contributed by atoms with E-state index in [2.05, 4.69) is 80.0 Å². The minimum absolute atomic E-state index is 0.0240. The van der Waals surface area contributed by atoms with E-state index in [0.717, 1.165) is 61.6 Å². The molecule has 40 heavy (non-hydrogen) atoms. The molecular weight excluding hydrogens is 500 g/mol. The van der Waals surface area contributed by atoms with Crippen molar-refractivity contribution in [3.05, 3.63) is 78.2 Å². The van der Waals surface area contributed by atoms with Crippen LogP contribution in [0, 0.1) is 39.5 Å². The first-order valence-corrected chi connectivity index (χ1v) is 14.3. The second-order valence-electron chi connectivity index (χ2n) is 12.1. The summed E-state index contributed by atoms with van der Waals surface area (Å²) in [5.41, 5.74) is 13.5. The van der Waals surface area contributed by atoms with Crippen molar-refractivity contribution < 1.29 is 14.7 Å². The number of carbonyl (C=O) groups excluding carboxylic acids is 1. The number of fused-ring (bicyclic) bond motifs is 7. The number of aromatic nitrogens is 3. The fraction of sp³-hybridized carbons (Fsp3) is 0.394. The second kappa shape index (κ2) is 9.29. The minimum atomic E-state index is -0.805. The van der Waals surface area contributed by atoms with Gasteiger partial charge < -0.3 is 25.4 Å². The number of nitrogens with one attached hydrogen (secondary N) is 4. The van der Waals surface area contributed by atoms with Crippen LogP contribution in [0.4, 0.5) is 0 Å². The summed E-state index contributed by atoms with van der Waals surface area (Å²) in [6, 6.07) is 0. The Morgan fingerprint density at radius 2 is 1.57 bits per heavy atom. The molecule has 2 unspecified atom stereocenters. The lowest BCUT2D eigenvalue weighted by atomic mass is 9.86. The van der Waals surface area contributed by atoms with Crippen molar-refractivity contribution in [3.8, 4) is 0 Å². The van der Waals surface area contributed by atoms with Crippen molar-refractivity contribution in [2.24, 2.45) is 11.8 Å². The monoisotopic (exact) mass is 538 g/mol. The number of carboxylic acids is 1. The van der Waals surface area contributed by atoms with Crippen LogP contribution in [-0.2, 0) is 4.79 Å². The third kappa shape index (κ3) is 3.94. The molecule has 7 nitrogen and oxygen atoms in total. The Balaban J connectivity index is 1.68. The van der Waals surface area contributed by atoms with E-state index in [9.17, 15) is 14.7 Å². The second-order valence-corrected chi connectivity index (χ2v) is 12.1. The van der Waals surface area contributed by atoms with Gasteiger partial charge in [-0.2, -0.15) is 0 Å². The Kier molecular flexibility index (Phi) is 6.09. The number of carboxylic acid groups (broad SMARTS) is 1. The van der Waals surface area contributed by atoms with Gasteiger partial charge in [0.2, 0.25) is 0 Å². The molecule has 3 aliphatic rings. The molecule has 0 saturated carbocycles. The molecule has 2 atom stereocenters. The number of aliphatic carboxylic acids is 1. The van der Waals surface area contributed by atoms with Crippen LogP contribution < -0.4 is 16.0 Å². The molecule has 3 aromatic heterocycles. The smallest absolute Gasteiger partial charge is 0.303 e. The molecule has 1 aliphatic carbocycles. The number of hydrogen-bond acceptors (Lipinski definition) is 3. The van der Waals surface area contributed by atoms with Gasteiger partial charge in [0.25, 0.3) is 0 Å². The Morgan fingerprint density at radius 1 is 0.925 bits per heavy atom. The van der Waals surface area contributed by atoms with E-state index in [1.165, 1.54) is 22.3 Å². The first-order valence-electron chi connectivity index (χ1n) is 14.3. The molecule has 0 aromatic carbocycles. The molecule has 1 saturated heterocycles. The molecule has 7 heteroatoms. The molecule has 2 aliphatic heterocycles. The molecule has 0 spiro atoms. The van der Waals surface area contributed by atoms with Gasteiger partial charge in [0.15, 0.2) is 5.78 Å². The highest BCUT2D eigenvalue weighted by atomic mass is 16.4. The van der Waals surface area contributed by atoms with Crippen LogP contribution in [0.2, 0.25) is 0 Å². The number of allylic oxidation sites excluding steroid dienone is 3. The number of ketones is 1. The van der Waals surface area contributed by atoms with Gasteiger partial charge in [-0.3, -0.25) is 9.59 Å². The topological polar surface area (TPSA) is 114 Å². The van der Waals surface area contributed by atoms with E-state index in [-0.39, 0.29) is 24.0 Å². The Labute approximate surface area is 234 Å². The van der Waals surface area contributed by atoms with Gasteiger partial charge in [-0.1, -0.05) is 20.8 Å². The van der Waals surface area contributed by atoms with E-state index in [4.69, 9.17) is 0 Å². The van der Waals surface area contributed by atoms with Gasteiger partial charge in [0, 0.05) is 75.0 Å². The zero-order chi connectivity index (χ0) is 28.6. The standard InChI is InChI=1S/C33H38N4O3/c1-14(2)30-18(6)25-12-24-17(5)20(8-9-29(39)40)32(36-24)21-10-28(38)31-19(7)26(37-33(21)31)11-22-15(3)16(4)23(34-22)13-27(30)35-25/h11-14,17,20,34-37H,8-10H2,1-7H3,(H,39,40). The summed E-state index contributed by atoms with van der Waals surface area (Å²) >= 11 is 0. The summed E-state index contributed by atoms with van der Waals surface area (Å²) in [6.07, 6.45) is 7.41. The van der Waals surface area contributed by atoms with Gasteiger partial charge in [-0.25, -0.2) is 0 Å². The van der Waals surface area contributed by atoms with Crippen molar-refractivity contribution in [2.45, 2.75) is 73.6 Å². The number of H-pyrrole nitrogens is 3. The number of hydrogen-bond donors (Lipinski definition) is 5. The van der Waals surface area contributed by atoms with E-state index in [1.54, 1.807) is 0 Å². The lowest BCUT2D eigenvalue weighted by Crippen LogP contribution is -2.13. The van der Waals surface area contributed by atoms with Crippen LogP contribution in [0.25, 0.3) is 23.8 Å². The van der Waals surface area contributed by atoms with E-state index in [0.29, 0.717) is 18.8 Å². The average molecular weight is 539 g/mol. The van der Waals surface area contributed by atoms with Gasteiger partial charge in [-0.05, 0) is 86.1 Å². The number of aromatic amines is 3. The summed E-state index contributed by atoms with van der Waals surface area (Å²) < 4.78 is 0. The maximum Gasteiger partial charge on any atom is 0.303 e. The Hall–Kier alpha value is -4.00. The third-order valence-corrected chi connectivity index (χ3v) is 9.41. The van der Waals surface area contributed by atoms with Crippen molar-refractivity contribution in [1.29, 1.82) is 0 Å². The predicted octanol–water partition coefficient (Wildman–Crippen LogP) is 5.06. The average Bonchev–Trinajstić information content (AvgIpc) is 3.63. The number of Topliss-reactive ketones (excluding diaryl/α,β-unsaturated/α-hetero) is 1. The fourth-order valence-corrected chi connectivity index (χ4v) is 6.99. The molecular formula is C33H38N4O3. The number of rotatable bonds is 4. The van der Waals surface area contributed by atoms with Crippen molar-refractivity contribution in [2.75, 3.05) is 0 Å². The van der Waals surface area contributed by atoms with Gasteiger partial charge >= 0.3 is 5.97 Å². The maximum absolute atomic E-state index is 13.4. The SMILES string of the molecule is Cc1c2[nH]c3c1C(=O)CC3=C1NC(=Cc3[nH]c(c(C(C)C)c3C)C=c3[nH]c(c(C)c3C)=C2)C(C)C1CCC(=O)O. The molecule has 6 rings (SSSR count). The normalized spacial score (nSPS) is 19.6. The lowest BCUT2D eigenvalue weighted by molar-refractivity contribution is -0.137. The Morgan fingerprint density at radius 3 is 2.23 bits per heavy atom. The minimum Gasteiger partial charge on any atom is -0.481 e. The zero-order valence-corrected chi connectivity index (χ0v) is 24.3. The van der Waals surface area contributed by atoms with Crippen LogP contribution >= 0.6 is 0 Å². The molecule has 1 fully saturated rings. The molecule has 8 bridgehead atoms. The maximum atomic E-state index is 13.4. The van der Waals surface area contributed by atoms with Gasteiger partial charge in [-0.15, -0.1) is 0 Å². The van der Waals surface area contributed by atoms with Crippen LogP contribution in [0.5, 0.6) is 0 Å². The quantitative estimate of drug-likeness (QED) is 0.320. The zero-order valence-electron chi connectivity index (χ0n) is 24.3. The van der Waals surface area contributed by atoms with Gasteiger partial charge in [0.1, 0.15) is 0 Å². The van der Waals surface area contributed by atoms with Crippen LogP contribution in [0.3, 0.4) is 0 Å². The lowest BCUT2D eigenvalue weighted by Gasteiger charge is -2.16. The summed E-state index contributed by atoms with van der Waals surface area (Å²) in [7, 11) is 0. The molecule has 0 amide bonds. The van der Waals surface area contributed by atoms with Crippen molar-refractivity contribution >= 4 is 35.6 Å². The predicted molar refractivity (Wildman–Crippen MR) is 158 cm³/mol. The molecule has 5 heterocycles. The molecule has 0 radical (unpaired) electrons. The van der Waals surface area contributed by atoms with Crippen molar-refractivity contribution in [1.82, 2.24) is 20.3 Å². The number of carbonyl (C=O) groups is 2. The molecule has 3 aromatic rings. The largest absolute Gasteiger partial charge is 0.481 e. The van der Waals surface area contributed by atoms with Crippen molar-refractivity contribution in [3.63, 3.8) is 0 Å². The summed E-state index contributed by atoms with van der Waals surface area (Å²) in [6.45, 7) is 15.1. The van der Waals surface area contributed by atoms with Gasteiger partial charge in [0.05, 0.1) is 5.69 Å². The van der Waals surface area contributed by atoms with Crippen LogP contribution in [-0.4, -0.2) is 31.8 Å². The van der Waals surface area contributed by atoms with Crippen LogP contribution in [0.1, 0.15) is 107 Å². The van der Waals surface area contributed by atoms with Crippen LogP contribution in [0.15, 0.2) is 11.4 Å². The Bertz CT molecular complexity index is 1790. The van der Waals surface area contributed by atoms with E-state index < -0.39 is 5.97 Å². The summed E-state index contributed by atoms with van der Waals surface area (Å²) in [5.74, 6) is -0.315. The molecule has 208 valence electrons. The highest BCUT2D eigenvalue weighted by molar-refractivity contribution is 6.13. The van der Waals surface area contributed by atoms with E-state index >= 15 is 0 Å². The van der Waals surface area contributed by atoms with E-state index in [1.807, 2.05) is 6.92 Å². The third-order valence-electron chi connectivity index (χ3n) is 9.41. The summed E-state index contributed by atoms with van der Waals surface area (Å²) in [5, 5.41) is 15.3. The fourth-order valence-electron chi connectivity index (χ4n) is 6.99. The molecule has 5 N–H and O–H groups in total. The first-order chi connectivity index (χ1) is 19.0. The first kappa shape index (κ1) is 26.2. The highest BCUT2D eigenvalue weighted by Crippen LogP contribution is 2.45. The highest BCUT2D eigenvalue weighted by Gasteiger charge is 2.39. The summed E-state index contributed by atoms with van der Waals surface area (Å²) in [4.78, 5) is 35.9.